The number of carbonyl (C=O) groups is 1. The van der Waals surface area contributed by atoms with Crippen LogP contribution in [-0.2, 0) is 6.42 Å². The summed E-state index contributed by atoms with van der Waals surface area (Å²) >= 11 is 0. The van der Waals surface area contributed by atoms with Gasteiger partial charge in [0.05, 0.1) is 5.69 Å². The van der Waals surface area contributed by atoms with E-state index in [1.54, 1.807) is 13.0 Å². The Labute approximate surface area is 121 Å². The zero-order valence-electron chi connectivity index (χ0n) is 12.2. The first-order chi connectivity index (χ1) is 10.1. The van der Waals surface area contributed by atoms with Gasteiger partial charge in [0.1, 0.15) is 17.1 Å². The van der Waals surface area contributed by atoms with Gasteiger partial charge in [-0.25, -0.2) is 4.98 Å². The fourth-order valence-electron chi connectivity index (χ4n) is 2.34. The number of aryl methyl sites for hydroxylation is 3. The number of fused-ring (bicyclic) bond motifs is 1. The van der Waals surface area contributed by atoms with Crippen LogP contribution >= 0.6 is 0 Å². The second kappa shape index (κ2) is 5.05. The van der Waals surface area contributed by atoms with Crippen molar-refractivity contribution >= 4 is 17.4 Å². The molecule has 0 fully saturated rings. The van der Waals surface area contributed by atoms with Crippen LogP contribution in [0.2, 0.25) is 0 Å². The van der Waals surface area contributed by atoms with Gasteiger partial charge in [0.15, 0.2) is 5.82 Å². The highest BCUT2D eigenvalue weighted by Gasteiger charge is 2.19. The summed E-state index contributed by atoms with van der Waals surface area (Å²) in [7, 11) is 0. The second-order valence-corrected chi connectivity index (χ2v) is 4.92. The number of amides is 1. The number of pyridine rings is 1. The van der Waals surface area contributed by atoms with Crippen molar-refractivity contribution in [3.05, 3.63) is 47.1 Å². The molecule has 6 nitrogen and oxygen atoms in total. The van der Waals surface area contributed by atoms with Crippen molar-refractivity contribution in [3.63, 3.8) is 0 Å². The predicted octanol–water partition coefficient (Wildman–Crippen LogP) is 2.75. The summed E-state index contributed by atoms with van der Waals surface area (Å²) < 4.78 is 6.77. The van der Waals surface area contributed by atoms with Gasteiger partial charge in [-0.3, -0.25) is 9.20 Å². The van der Waals surface area contributed by atoms with Crippen LogP contribution in [0, 0.1) is 13.8 Å². The molecule has 0 bridgehead atoms. The highest BCUT2D eigenvalue weighted by molar-refractivity contribution is 6.04. The molecule has 0 saturated heterocycles. The van der Waals surface area contributed by atoms with Crippen molar-refractivity contribution in [1.82, 2.24) is 14.5 Å². The number of imidazole rings is 1. The SMILES string of the molecule is CCc1nc2c(C)cccn2c1C(=O)Nc1cc(C)on1. The number of aromatic nitrogens is 3. The van der Waals surface area contributed by atoms with E-state index in [9.17, 15) is 4.79 Å². The quantitative estimate of drug-likeness (QED) is 0.802. The lowest BCUT2D eigenvalue weighted by atomic mass is 10.2. The summed E-state index contributed by atoms with van der Waals surface area (Å²) in [5, 5.41) is 6.53. The van der Waals surface area contributed by atoms with Crippen molar-refractivity contribution in [1.29, 1.82) is 0 Å². The van der Waals surface area contributed by atoms with Gasteiger partial charge in [-0.1, -0.05) is 18.1 Å². The van der Waals surface area contributed by atoms with Gasteiger partial charge >= 0.3 is 0 Å². The van der Waals surface area contributed by atoms with Crippen LogP contribution in [0.4, 0.5) is 5.82 Å². The van der Waals surface area contributed by atoms with Crippen LogP contribution in [0.5, 0.6) is 0 Å². The number of rotatable bonds is 3. The Bertz CT molecular complexity index is 816. The van der Waals surface area contributed by atoms with E-state index < -0.39 is 0 Å². The molecule has 0 unspecified atom stereocenters. The van der Waals surface area contributed by atoms with Crippen LogP contribution < -0.4 is 5.32 Å². The first-order valence-electron chi connectivity index (χ1n) is 6.81. The lowest BCUT2D eigenvalue weighted by molar-refractivity contribution is 0.101. The van der Waals surface area contributed by atoms with Gasteiger partial charge in [-0.2, -0.15) is 0 Å². The molecule has 6 heteroatoms. The molecule has 0 atom stereocenters. The summed E-state index contributed by atoms with van der Waals surface area (Å²) in [5.41, 5.74) is 3.14. The average molecular weight is 284 g/mol. The Morgan fingerprint density at radius 3 is 2.90 bits per heavy atom. The third kappa shape index (κ3) is 2.29. The molecule has 0 aliphatic heterocycles. The van der Waals surface area contributed by atoms with E-state index in [1.807, 2.05) is 36.6 Å². The molecule has 0 aliphatic rings. The summed E-state index contributed by atoms with van der Waals surface area (Å²) in [6, 6.07) is 5.56. The highest BCUT2D eigenvalue weighted by atomic mass is 16.5. The Hall–Kier alpha value is -2.63. The minimum Gasteiger partial charge on any atom is -0.360 e. The van der Waals surface area contributed by atoms with Gasteiger partial charge in [-0.05, 0) is 31.9 Å². The maximum Gasteiger partial charge on any atom is 0.275 e. The average Bonchev–Trinajstić information content (AvgIpc) is 3.03. The number of nitrogens with zero attached hydrogens (tertiary/aromatic N) is 3. The molecule has 1 amide bonds. The van der Waals surface area contributed by atoms with Crippen LogP contribution in [0.1, 0.15) is 34.4 Å². The molecule has 1 N–H and O–H groups in total. The van der Waals surface area contributed by atoms with E-state index in [4.69, 9.17) is 4.52 Å². The topological polar surface area (TPSA) is 72.4 Å². The Morgan fingerprint density at radius 1 is 1.43 bits per heavy atom. The molecule has 3 aromatic rings. The van der Waals surface area contributed by atoms with Gasteiger partial charge in [0.25, 0.3) is 5.91 Å². The standard InChI is InChI=1S/C15H16N4O2/c1-4-11-13(15(20)17-12-8-10(3)21-18-12)19-7-5-6-9(2)14(19)16-11/h5-8H,4H2,1-3H3,(H,17,18,20). The van der Waals surface area contributed by atoms with Crippen molar-refractivity contribution in [2.24, 2.45) is 0 Å². The monoisotopic (exact) mass is 284 g/mol. The summed E-state index contributed by atoms with van der Waals surface area (Å²) in [4.78, 5) is 17.1. The molecule has 0 radical (unpaired) electrons. The predicted molar refractivity (Wildman–Crippen MR) is 78.5 cm³/mol. The fraction of sp³-hybridized carbons (Fsp3) is 0.267. The molecule has 3 rings (SSSR count). The van der Waals surface area contributed by atoms with Crippen LogP contribution in [0.25, 0.3) is 5.65 Å². The molecule has 3 aromatic heterocycles. The number of anilines is 1. The van der Waals surface area contributed by atoms with E-state index in [0.717, 1.165) is 16.9 Å². The minimum absolute atomic E-state index is 0.238. The molecule has 0 aliphatic carbocycles. The molecule has 0 spiro atoms. The third-order valence-electron chi connectivity index (χ3n) is 3.34. The van der Waals surface area contributed by atoms with E-state index in [1.165, 1.54) is 0 Å². The van der Waals surface area contributed by atoms with Gasteiger partial charge in [0.2, 0.25) is 0 Å². The van der Waals surface area contributed by atoms with Crippen molar-refractivity contribution in [2.75, 3.05) is 5.32 Å². The summed E-state index contributed by atoms with van der Waals surface area (Å²) in [6.45, 7) is 5.73. The number of nitrogens with one attached hydrogen (secondary N) is 1. The minimum atomic E-state index is -0.238. The normalized spacial score (nSPS) is 11.0. The first kappa shape index (κ1) is 13.4. The molecular formula is C15H16N4O2. The maximum atomic E-state index is 12.5. The number of carbonyl (C=O) groups excluding carboxylic acids is 1. The van der Waals surface area contributed by atoms with Crippen LogP contribution in [0.3, 0.4) is 0 Å². The van der Waals surface area contributed by atoms with Crippen molar-refractivity contribution < 1.29 is 9.32 Å². The largest absolute Gasteiger partial charge is 0.360 e. The first-order valence-corrected chi connectivity index (χ1v) is 6.81. The third-order valence-corrected chi connectivity index (χ3v) is 3.34. The lowest BCUT2D eigenvalue weighted by Crippen LogP contribution is -2.16. The molecule has 0 aromatic carbocycles. The molecular weight excluding hydrogens is 268 g/mol. The molecule has 108 valence electrons. The van der Waals surface area contributed by atoms with Gasteiger partial charge < -0.3 is 9.84 Å². The Kier molecular flexibility index (Phi) is 3.21. The Balaban J connectivity index is 2.06. The molecule has 21 heavy (non-hydrogen) atoms. The zero-order valence-corrected chi connectivity index (χ0v) is 12.2. The molecule has 3 heterocycles. The van der Waals surface area contributed by atoms with Gasteiger partial charge in [-0.15, -0.1) is 0 Å². The van der Waals surface area contributed by atoms with E-state index in [-0.39, 0.29) is 5.91 Å². The summed E-state index contributed by atoms with van der Waals surface area (Å²) in [6.07, 6.45) is 2.53. The Morgan fingerprint density at radius 2 is 2.24 bits per heavy atom. The number of hydrogen-bond donors (Lipinski definition) is 1. The highest BCUT2D eigenvalue weighted by Crippen LogP contribution is 2.18. The van der Waals surface area contributed by atoms with Crippen molar-refractivity contribution in [2.45, 2.75) is 27.2 Å². The number of hydrogen-bond acceptors (Lipinski definition) is 4. The zero-order chi connectivity index (χ0) is 15.0. The van der Waals surface area contributed by atoms with E-state index >= 15 is 0 Å². The smallest absolute Gasteiger partial charge is 0.275 e. The lowest BCUT2D eigenvalue weighted by Gasteiger charge is -2.04. The fourth-order valence-corrected chi connectivity index (χ4v) is 2.34. The maximum absolute atomic E-state index is 12.5. The summed E-state index contributed by atoms with van der Waals surface area (Å²) in [5.74, 6) is 0.815. The molecule has 0 saturated carbocycles. The van der Waals surface area contributed by atoms with E-state index in [2.05, 4.69) is 15.5 Å². The van der Waals surface area contributed by atoms with Crippen LogP contribution in [0.15, 0.2) is 28.9 Å². The van der Waals surface area contributed by atoms with E-state index in [0.29, 0.717) is 23.7 Å². The van der Waals surface area contributed by atoms with Crippen LogP contribution in [-0.4, -0.2) is 20.4 Å². The second-order valence-electron chi connectivity index (χ2n) is 4.92. The van der Waals surface area contributed by atoms with Gasteiger partial charge in [0, 0.05) is 12.3 Å². The van der Waals surface area contributed by atoms with Crippen molar-refractivity contribution in [3.8, 4) is 0 Å².